The van der Waals surface area contributed by atoms with E-state index in [1.54, 1.807) is 0 Å². The van der Waals surface area contributed by atoms with Crippen LogP contribution < -0.4 is 10.6 Å². The third-order valence-electron chi connectivity index (χ3n) is 1.82. The van der Waals surface area contributed by atoms with Crippen molar-refractivity contribution >= 4 is 0 Å². The maximum atomic E-state index is 2.42. The van der Waals surface area contributed by atoms with Crippen LogP contribution in [-0.4, -0.2) is 25.2 Å². The first-order valence-corrected chi connectivity index (χ1v) is 3.45. The highest BCUT2D eigenvalue weighted by Crippen LogP contribution is 1.71. The highest BCUT2D eigenvalue weighted by Gasteiger charge is 2.18. The summed E-state index contributed by atoms with van der Waals surface area (Å²) < 4.78 is 0. The van der Waals surface area contributed by atoms with Crippen LogP contribution in [-0.2, 0) is 0 Å². The van der Waals surface area contributed by atoms with Gasteiger partial charge in [-0.05, 0) is 13.8 Å². The van der Waals surface area contributed by atoms with Crippen LogP contribution in [0.5, 0.6) is 0 Å². The van der Waals surface area contributed by atoms with Crippen molar-refractivity contribution in [2.75, 3.05) is 13.1 Å². The predicted molar refractivity (Wildman–Crippen MR) is 32.5 cm³/mol. The molecular formula is C6H16N2+2. The van der Waals surface area contributed by atoms with E-state index in [2.05, 4.69) is 24.5 Å². The lowest BCUT2D eigenvalue weighted by molar-refractivity contribution is -0.828. The van der Waals surface area contributed by atoms with Crippen LogP contribution in [0, 0.1) is 0 Å². The van der Waals surface area contributed by atoms with Crippen LogP contribution in [0.1, 0.15) is 13.8 Å². The summed E-state index contributed by atoms with van der Waals surface area (Å²) in [6, 6.07) is 1.68. The fraction of sp³-hybridized carbons (Fsp3) is 1.00. The molecule has 1 heterocycles. The molecule has 0 aromatic rings. The molecule has 2 nitrogen and oxygen atoms in total. The van der Waals surface area contributed by atoms with Gasteiger partial charge in [-0.15, -0.1) is 0 Å². The lowest BCUT2D eigenvalue weighted by Gasteiger charge is -2.19. The van der Waals surface area contributed by atoms with Gasteiger partial charge in [0, 0.05) is 0 Å². The van der Waals surface area contributed by atoms with Gasteiger partial charge in [-0.2, -0.15) is 0 Å². The van der Waals surface area contributed by atoms with Gasteiger partial charge in [0.2, 0.25) is 0 Å². The van der Waals surface area contributed by atoms with E-state index in [0.29, 0.717) is 0 Å². The molecule has 0 saturated carbocycles. The van der Waals surface area contributed by atoms with E-state index in [1.165, 1.54) is 13.1 Å². The van der Waals surface area contributed by atoms with Crippen LogP contribution >= 0.6 is 0 Å². The molecule has 0 aromatic carbocycles. The molecule has 1 aliphatic rings. The standard InChI is InChI=1S/C6H14N2/c1-5-3-8-6(2)4-7-5/h5-8H,3-4H2,1-2H3/p+2/t5-,6-/m0/s1. The van der Waals surface area contributed by atoms with Crippen molar-refractivity contribution in [1.82, 2.24) is 0 Å². The van der Waals surface area contributed by atoms with Gasteiger partial charge in [-0.25, -0.2) is 0 Å². The van der Waals surface area contributed by atoms with E-state index >= 15 is 0 Å². The Hall–Kier alpha value is -0.0800. The number of hydrogen-bond acceptors (Lipinski definition) is 0. The molecule has 2 atom stereocenters. The maximum absolute atomic E-state index is 2.42. The Labute approximate surface area is 50.7 Å². The lowest BCUT2D eigenvalue weighted by atomic mass is 10.2. The SMILES string of the molecule is C[C@H]1C[NH2+][C@@H](C)C[NH2+]1. The van der Waals surface area contributed by atoms with Crippen LogP contribution in [0.25, 0.3) is 0 Å². The fourth-order valence-corrected chi connectivity index (χ4v) is 1.09. The number of hydrogen-bond donors (Lipinski definition) is 2. The Morgan fingerprint density at radius 3 is 1.62 bits per heavy atom. The first-order chi connectivity index (χ1) is 3.79. The first-order valence-electron chi connectivity index (χ1n) is 3.45. The van der Waals surface area contributed by atoms with E-state index in [1.807, 2.05) is 0 Å². The van der Waals surface area contributed by atoms with E-state index in [-0.39, 0.29) is 0 Å². The molecule has 1 rings (SSSR count). The van der Waals surface area contributed by atoms with E-state index in [9.17, 15) is 0 Å². The van der Waals surface area contributed by atoms with E-state index < -0.39 is 0 Å². The summed E-state index contributed by atoms with van der Waals surface area (Å²) in [4.78, 5) is 0. The van der Waals surface area contributed by atoms with E-state index in [0.717, 1.165) is 12.1 Å². The Kier molecular flexibility index (Phi) is 1.86. The van der Waals surface area contributed by atoms with Crippen molar-refractivity contribution in [3.8, 4) is 0 Å². The largest absolute Gasteiger partial charge is 0.334 e. The number of piperazine rings is 1. The second-order valence-corrected chi connectivity index (χ2v) is 2.90. The van der Waals surface area contributed by atoms with Crippen molar-refractivity contribution in [2.24, 2.45) is 0 Å². The molecule has 8 heavy (non-hydrogen) atoms. The van der Waals surface area contributed by atoms with Crippen molar-refractivity contribution in [3.05, 3.63) is 0 Å². The van der Waals surface area contributed by atoms with Crippen molar-refractivity contribution in [2.45, 2.75) is 25.9 Å². The normalized spacial score (nSPS) is 39.8. The molecule has 0 unspecified atom stereocenters. The highest BCUT2D eigenvalue weighted by molar-refractivity contribution is 4.47. The van der Waals surface area contributed by atoms with Gasteiger partial charge in [0.15, 0.2) is 0 Å². The zero-order valence-corrected chi connectivity index (χ0v) is 5.72. The third kappa shape index (κ3) is 1.46. The second-order valence-electron chi connectivity index (χ2n) is 2.90. The topological polar surface area (TPSA) is 33.2 Å². The molecule has 0 spiro atoms. The van der Waals surface area contributed by atoms with Gasteiger partial charge < -0.3 is 10.6 Å². The summed E-state index contributed by atoms with van der Waals surface area (Å²) in [7, 11) is 0. The summed E-state index contributed by atoms with van der Waals surface area (Å²) in [5.41, 5.74) is 0. The number of nitrogens with two attached hydrogens (primary N) is 2. The van der Waals surface area contributed by atoms with E-state index in [4.69, 9.17) is 0 Å². The summed E-state index contributed by atoms with van der Waals surface area (Å²) >= 11 is 0. The van der Waals surface area contributed by atoms with Crippen molar-refractivity contribution in [3.63, 3.8) is 0 Å². The molecule has 0 aliphatic carbocycles. The molecule has 0 aromatic heterocycles. The average molecular weight is 116 g/mol. The molecular weight excluding hydrogens is 100 g/mol. The van der Waals surface area contributed by atoms with Gasteiger partial charge >= 0.3 is 0 Å². The monoisotopic (exact) mass is 116 g/mol. The Bertz CT molecular complexity index is 54.9. The highest BCUT2D eigenvalue weighted by atomic mass is 15.1. The third-order valence-corrected chi connectivity index (χ3v) is 1.82. The van der Waals surface area contributed by atoms with Crippen LogP contribution in [0.15, 0.2) is 0 Å². The fourth-order valence-electron chi connectivity index (χ4n) is 1.09. The zero-order chi connectivity index (χ0) is 5.98. The number of quaternary nitrogens is 2. The van der Waals surface area contributed by atoms with Crippen LogP contribution in [0.2, 0.25) is 0 Å². The summed E-state index contributed by atoms with van der Waals surface area (Å²) in [6.45, 7) is 7.15. The molecule has 48 valence electrons. The minimum absolute atomic E-state index is 0.839. The van der Waals surface area contributed by atoms with Crippen molar-refractivity contribution in [1.29, 1.82) is 0 Å². The molecule has 0 amide bonds. The maximum Gasteiger partial charge on any atom is 0.133 e. The minimum atomic E-state index is 0.839. The Morgan fingerprint density at radius 2 is 1.38 bits per heavy atom. The predicted octanol–water partition coefficient (Wildman–Crippen LogP) is -2.10. The average Bonchev–Trinajstić information content (AvgIpc) is 1.77. The van der Waals surface area contributed by atoms with Gasteiger partial charge in [0.25, 0.3) is 0 Å². The smallest absolute Gasteiger partial charge is 0.133 e. The molecule has 1 fully saturated rings. The Balaban J connectivity index is 2.19. The summed E-state index contributed by atoms with van der Waals surface area (Å²) in [5.74, 6) is 0. The van der Waals surface area contributed by atoms with Crippen molar-refractivity contribution < 1.29 is 10.6 Å². The van der Waals surface area contributed by atoms with Gasteiger partial charge in [-0.3, -0.25) is 0 Å². The molecule has 4 N–H and O–H groups in total. The minimum Gasteiger partial charge on any atom is -0.334 e. The molecule has 2 heteroatoms. The molecule has 1 aliphatic heterocycles. The Morgan fingerprint density at radius 1 is 1.00 bits per heavy atom. The van der Waals surface area contributed by atoms with Crippen LogP contribution in [0.4, 0.5) is 0 Å². The zero-order valence-electron chi connectivity index (χ0n) is 5.72. The van der Waals surface area contributed by atoms with Gasteiger partial charge in [0.1, 0.15) is 25.2 Å². The van der Waals surface area contributed by atoms with Gasteiger partial charge in [-0.1, -0.05) is 0 Å². The summed E-state index contributed by atoms with van der Waals surface area (Å²) in [5, 5.41) is 4.84. The van der Waals surface area contributed by atoms with Crippen LogP contribution in [0.3, 0.4) is 0 Å². The first kappa shape index (κ1) is 6.05. The quantitative estimate of drug-likeness (QED) is 0.364. The molecule has 1 saturated heterocycles. The number of rotatable bonds is 0. The molecule has 0 bridgehead atoms. The second kappa shape index (κ2) is 2.46. The van der Waals surface area contributed by atoms with Gasteiger partial charge in [0.05, 0.1) is 0 Å². The molecule has 0 radical (unpaired) electrons. The lowest BCUT2D eigenvalue weighted by Crippen LogP contribution is -3.10. The summed E-state index contributed by atoms with van der Waals surface area (Å²) in [6.07, 6.45) is 0.